The van der Waals surface area contributed by atoms with E-state index in [9.17, 15) is 13.2 Å². The predicted octanol–water partition coefficient (Wildman–Crippen LogP) is 3.05. The zero-order valence-corrected chi connectivity index (χ0v) is 9.74. The van der Waals surface area contributed by atoms with Gasteiger partial charge in [0.15, 0.2) is 5.69 Å². The normalized spacial score (nSPS) is 11.8. The number of hydrogen-bond acceptors (Lipinski definition) is 2. The van der Waals surface area contributed by atoms with Crippen molar-refractivity contribution in [3.05, 3.63) is 19.9 Å². The highest BCUT2D eigenvalue weighted by Crippen LogP contribution is 2.35. The van der Waals surface area contributed by atoms with Gasteiger partial charge in [0.1, 0.15) is 0 Å². The monoisotopic (exact) mass is 366 g/mol. The van der Waals surface area contributed by atoms with Crippen molar-refractivity contribution in [2.45, 2.75) is 6.18 Å². The topological polar surface area (TPSA) is 38.9 Å². The van der Waals surface area contributed by atoms with Crippen LogP contribution in [0.15, 0.2) is 10.7 Å². The van der Waals surface area contributed by atoms with Gasteiger partial charge in [-0.1, -0.05) is 0 Å². The molecule has 0 bridgehead atoms. The fourth-order valence-electron chi connectivity index (χ4n) is 0.677. The van der Waals surface area contributed by atoms with Crippen molar-refractivity contribution >= 4 is 44.2 Å². The third-order valence-corrected chi connectivity index (χ3v) is 3.00. The van der Waals surface area contributed by atoms with Crippen LogP contribution in [0.2, 0.25) is 0 Å². The van der Waals surface area contributed by atoms with Crippen molar-refractivity contribution in [2.24, 2.45) is 0 Å². The van der Waals surface area contributed by atoms with Gasteiger partial charge in [0.2, 0.25) is 0 Å². The first-order valence-electron chi connectivity index (χ1n) is 3.00. The molecule has 1 aromatic rings. The number of aromatic nitrogens is 1. The van der Waals surface area contributed by atoms with Crippen molar-refractivity contribution in [1.82, 2.24) is 4.98 Å². The van der Waals surface area contributed by atoms with Gasteiger partial charge in [-0.05, 0) is 38.5 Å². The second-order valence-corrected chi connectivity index (χ2v) is 4.11. The highest BCUT2D eigenvalue weighted by atomic mass is 127. The lowest BCUT2D eigenvalue weighted by Crippen LogP contribution is -2.12. The molecular weight excluding hydrogens is 364 g/mol. The maximum Gasteiger partial charge on any atom is 0.434 e. The lowest BCUT2D eigenvalue weighted by molar-refractivity contribution is -0.141. The van der Waals surface area contributed by atoms with Gasteiger partial charge in [0.25, 0.3) is 0 Å². The Bertz CT molecular complexity index is 339. The highest BCUT2D eigenvalue weighted by molar-refractivity contribution is 14.1. The van der Waals surface area contributed by atoms with Gasteiger partial charge in [-0.25, -0.2) is 4.98 Å². The Hall–Kier alpha value is -0.0500. The summed E-state index contributed by atoms with van der Waals surface area (Å²) in [6, 6.07) is 0. The van der Waals surface area contributed by atoms with E-state index in [4.69, 9.17) is 5.73 Å². The molecule has 0 atom stereocenters. The van der Waals surface area contributed by atoms with Gasteiger partial charge in [0.05, 0.1) is 13.7 Å². The van der Waals surface area contributed by atoms with Gasteiger partial charge >= 0.3 is 6.18 Å². The quantitative estimate of drug-likeness (QED) is 0.717. The molecule has 0 aliphatic heterocycles. The van der Waals surface area contributed by atoms with E-state index >= 15 is 0 Å². The van der Waals surface area contributed by atoms with Crippen LogP contribution in [-0.2, 0) is 6.18 Å². The lowest BCUT2D eigenvalue weighted by atomic mass is 10.3. The average Bonchev–Trinajstić information content (AvgIpc) is 1.98. The van der Waals surface area contributed by atoms with E-state index in [1.54, 1.807) is 0 Å². The fourth-order valence-corrected chi connectivity index (χ4v) is 2.08. The van der Waals surface area contributed by atoms with Crippen molar-refractivity contribution in [2.75, 3.05) is 5.73 Å². The van der Waals surface area contributed by atoms with E-state index in [1.165, 1.54) is 22.6 Å². The minimum atomic E-state index is -4.45. The zero-order valence-electron chi connectivity index (χ0n) is 5.99. The van der Waals surface area contributed by atoms with Crippen LogP contribution >= 0.6 is 38.5 Å². The smallest absolute Gasteiger partial charge is 0.397 e. The minimum Gasteiger partial charge on any atom is -0.397 e. The number of nitrogen functional groups attached to an aromatic ring is 1. The lowest BCUT2D eigenvalue weighted by Gasteiger charge is -2.10. The molecule has 13 heavy (non-hydrogen) atoms. The Balaban J connectivity index is 3.35. The van der Waals surface area contributed by atoms with Crippen molar-refractivity contribution in [3.63, 3.8) is 0 Å². The summed E-state index contributed by atoms with van der Waals surface area (Å²) in [5, 5.41) is 0. The fraction of sp³-hybridized carbons (Fsp3) is 0.167. The third kappa shape index (κ3) is 2.25. The van der Waals surface area contributed by atoms with Crippen LogP contribution in [0.1, 0.15) is 5.69 Å². The summed E-state index contributed by atoms with van der Waals surface area (Å²) in [4.78, 5) is 3.25. The molecule has 0 aliphatic carbocycles. The summed E-state index contributed by atoms with van der Waals surface area (Å²) < 4.78 is 36.9. The van der Waals surface area contributed by atoms with Gasteiger partial charge in [-0.3, -0.25) is 0 Å². The molecule has 0 unspecified atom stereocenters. The Morgan fingerprint density at radius 1 is 1.46 bits per heavy atom. The largest absolute Gasteiger partial charge is 0.434 e. The van der Waals surface area contributed by atoms with E-state index in [-0.39, 0.29) is 9.26 Å². The van der Waals surface area contributed by atoms with E-state index < -0.39 is 11.9 Å². The molecular formula is C6H3BrF3IN2. The third-order valence-electron chi connectivity index (χ3n) is 1.28. The van der Waals surface area contributed by atoms with E-state index in [2.05, 4.69) is 20.9 Å². The SMILES string of the molecule is Nc1c(Br)cnc(C(F)(F)F)c1I. The number of nitrogens with two attached hydrogens (primary N) is 1. The molecule has 1 heterocycles. The second kappa shape index (κ2) is 3.60. The zero-order chi connectivity index (χ0) is 10.2. The first kappa shape index (κ1) is 11.0. The summed E-state index contributed by atoms with van der Waals surface area (Å²) in [5.41, 5.74) is 4.49. The predicted molar refractivity (Wildman–Crippen MR) is 54.1 cm³/mol. The minimum absolute atomic E-state index is 0.0583. The molecule has 0 aliphatic rings. The number of anilines is 1. The summed E-state index contributed by atoms with van der Waals surface area (Å²) in [6.45, 7) is 0. The van der Waals surface area contributed by atoms with Crippen LogP contribution in [-0.4, -0.2) is 4.98 Å². The molecule has 0 aromatic carbocycles. The van der Waals surface area contributed by atoms with Crippen LogP contribution in [0.25, 0.3) is 0 Å². The van der Waals surface area contributed by atoms with Crippen molar-refractivity contribution in [3.8, 4) is 0 Å². The number of hydrogen-bond donors (Lipinski definition) is 1. The first-order chi connectivity index (χ1) is 5.84. The van der Waals surface area contributed by atoms with Crippen LogP contribution in [0.5, 0.6) is 0 Å². The standard InChI is InChI=1S/C6H3BrF3IN2/c7-2-1-13-5(6(8,9)10)3(11)4(2)12/h1H,(H2,12,13). The van der Waals surface area contributed by atoms with Crippen LogP contribution in [0, 0.1) is 3.57 Å². The van der Waals surface area contributed by atoms with Gasteiger partial charge < -0.3 is 5.73 Å². The Labute approximate surface area is 94.0 Å². The Morgan fingerprint density at radius 2 is 2.00 bits per heavy atom. The second-order valence-electron chi connectivity index (χ2n) is 2.18. The summed E-state index contributed by atoms with van der Waals surface area (Å²) in [7, 11) is 0. The van der Waals surface area contributed by atoms with Crippen LogP contribution < -0.4 is 5.73 Å². The van der Waals surface area contributed by atoms with E-state index in [0.29, 0.717) is 4.47 Å². The first-order valence-corrected chi connectivity index (χ1v) is 4.88. The van der Waals surface area contributed by atoms with E-state index in [0.717, 1.165) is 6.20 Å². The molecule has 0 spiro atoms. The summed E-state index contributed by atoms with van der Waals surface area (Å²) in [6.07, 6.45) is -3.41. The highest BCUT2D eigenvalue weighted by Gasteiger charge is 2.35. The van der Waals surface area contributed by atoms with Crippen molar-refractivity contribution < 1.29 is 13.2 Å². The molecule has 0 fully saturated rings. The maximum absolute atomic E-state index is 12.2. The number of rotatable bonds is 0. The van der Waals surface area contributed by atoms with E-state index in [1.807, 2.05) is 0 Å². The molecule has 7 heteroatoms. The Kier molecular flexibility index (Phi) is 3.05. The van der Waals surface area contributed by atoms with Gasteiger partial charge in [-0.15, -0.1) is 0 Å². The summed E-state index contributed by atoms with van der Waals surface area (Å²) >= 11 is 4.51. The summed E-state index contributed by atoms with van der Waals surface area (Å²) in [5.74, 6) is 0. The number of halogens is 5. The number of pyridine rings is 1. The molecule has 1 aromatic heterocycles. The molecule has 2 nitrogen and oxygen atoms in total. The maximum atomic E-state index is 12.2. The molecule has 0 amide bonds. The van der Waals surface area contributed by atoms with Crippen molar-refractivity contribution in [1.29, 1.82) is 0 Å². The van der Waals surface area contributed by atoms with Crippen LogP contribution in [0.4, 0.5) is 18.9 Å². The molecule has 2 N–H and O–H groups in total. The molecule has 0 radical (unpaired) electrons. The van der Waals surface area contributed by atoms with Crippen LogP contribution in [0.3, 0.4) is 0 Å². The number of nitrogens with zero attached hydrogens (tertiary/aromatic N) is 1. The van der Waals surface area contributed by atoms with Gasteiger partial charge in [0, 0.05) is 6.20 Å². The Morgan fingerprint density at radius 3 is 2.46 bits per heavy atom. The number of alkyl halides is 3. The van der Waals surface area contributed by atoms with Gasteiger partial charge in [-0.2, -0.15) is 13.2 Å². The molecule has 0 saturated carbocycles. The molecule has 72 valence electrons. The molecule has 0 saturated heterocycles. The average molecular weight is 367 g/mol. The molecule has 1 rings (SSSR count).